The summed E-state index contributed by atoms with van der Waals surface area (Å²) in [6.07, 6.45) is 8.53. The van der Waals surface area contributed by atoms with E-state index in [9.17, 15) is 4.79 Å². The molecule has 0 atom stereocenters. The summed E-state index contributed by atoms with van der Waals surface area (Å²) in [7, 11) is 0. The van der Waals surface area contributed by atoms with Gasteiger partial charge in [0.25, 0.3) is 0 Å². The Hall–Kier alpha value is -2.67. The zero-order chi connectivity index (χ0) is 21.4. The average Bonchev–Trinajstić information content (AvgIpc) is 3.71. The van der Waals surface area contributed by atoms with Gasteiger partial charge in [0.05, 0.1) is 11.4 Å². The SMILES string of the molecule is Cc1ccc(-n2c(SCC(=O)NC(C3CC3)C3CC3)nnc2-c2ccncc2)cc1C. The molecule has 0 spiro atoms. The molecule has 160 valence electrons. The molecule has 2 aromatic heterocycles. The standard InChI is InChI=1S/C24H27N5OS/c1-15-3-8-20(13-16(15)2)29-23(19-9-11-25-12-10-19)27-28-24(29)31-14-21(30)26-22(17-4-5-17)18-6-7-18/h3,8-13,17-18,22H,4-7,14H2,1-2H3,(H,26,30). The summed E-state index contributed by atoms with van der Waals surface area (Å²) < 4.78 is 2.04. The Balaban J connectivity index is 1.39. The molecule has 31 heavy (non-hydrogen) atoms. The maximum absolute atomic E-state index is 12.7. The number of nitrogens with zero attached hydrogens (tertiary/aromatic N) is 4. The third-order valence-corrected chi connectivity index (χ3v) is 7.17. The van der Waals surface area contributed by atoms with Crippen LogP contribution in [-0.2, 0) is 4.79 Å². The Labute approximate surface area is 186 Å². The molecule has 0 aliphatic heterocycles. The molecular formula is C24H27N5OS. The predicted molar refractivity (Wildman–Crippen MR) is 122 cm³/mol. The molecule has 3 aromatic rings. The minimum atomic E-state index is 0.0916. The van der Waals surface area contributed by atoms with E-state index < -0.39 is 0 Å². The molecule has 0 unspecified atom stereocenters. The molecule has 6 nitrogen and oxygen atoms in total. The third-order valence-electron chi connectivity index (χ3n) is 6.24. The van der Waals surface area contributed by atoms with E-state index in [1.165, 1.54) is 48.6 Å². The van der Waals surface area contributed by atoms with E-state index in [2.05, 4.69) is 52.5 Å². The molecule has 1 amide bonds. The lowest BCUT2D eigenvalue weighted by Gasteiger charge is -2.17. The summed E-state index contributed by atoms with van der Waals surface area (Å²) in [6, 6.07) is 10.6. The number of hydrogen-bond donors (Lipinski definition) is 1. The number of pyridine rings is 1. The van der Waals surface area contributed by atoms with Gasteiger partial charge in [-0.05, 0) is 86.8 Å². The van der Waals surface area contributed by atoms with Gasteiger partial charge in [0.15, 0.2) is 11.0 Å². The van der Waals surface area contributed by atoms with Gasteiger partial charge in [0, 0.05) is 24.0 Å². The van der Waals surface area contributed by atoms with Crippen molar-refractivity contribution in [1.29, 1.82) is 0 Å². The fourth-order valence-corrected chi connectivity index (χ4v) is 4.80. The van der Waals surface area contributed by atoms with Gasteiger partial charge in [0.1, 0.15) is 0 Å². The number of aryl methyl sites for hydroxylation is 2. The molecule has 7 heteroatoms. The smallest absolute Gasteiger partial charge is 0.230 e. The highest BCUT2D eigenvalue weighted by Gasteiger charge is 2.42. The van der Waals surface area contributed by atoms with Crippen LogP contribution < -0.4 is 5.32 Å². The lowest BCUT2D eigenvalue weighted by atomic mass is 10.1. The van der Waals surface area contributed by atoms with Crippen LogP contribution in [0.2, 0.25) is 0 Å². The Kier molecular flexibility index (Phi) is 5.52. The van der Waals surface area contributed by atoms with Crippen LogP contribution >= 0.6 is 11.8 Å². The largest absolute Gasteiger partial charge is 0.352 e. The van der Waals surface area contributed by atoms with Crippen molar-refractivity contribution in [2.45, 2.75) is 50.7 Å². The van der Waals surface area contributed by atoms with Gasteiger partial charge in [-0.1, -0.05) is 17.8 Å². The zero-order valence-electron chi connectivity index (χ0n) is 17.9. The van der Waals surface area contributed by atoms with Crippen LogP contribution in [0.1, 0.15) is 36.8 Å². The second-order valence-electron chi connectivity index (χ2n) is 8.70. The molecule has 1 N–H and O–H groups in total. The predicted octanol–water partition coefficient (Wildman–Crippen LogP) is 4.34. The van der Waals surface area contributed by atoms with Crippen molar-refractivity contribution in [2.24, 2.45) is 11.8 Å². The molecule has 0 radical (unpaired) electrons. The van der Waals surface area contributed by atoms with Crippen molar-refractivity contribution >= 4 is 17.7 Å². The van der Waals surface area contributed by atoms with Gasteiger partial charge in [-0.3, -0.25) is 14.3 Å². The maximum Gasteiger partial charge on any atom is 0.230 e. The van der Waals surface area contributed by atoms with Crippen molar-refractivity contribution in [1.82, 2.24) is 25.1 Å². The number of thioether (sulfide) groups is 1. The van der Waals surface area contributed by atoms with E-state index in [0.717, 1.165) is 22.2 Å². The monoisotopic (exact) mass is 433 g/mol. The topological polar surface area (TPSA) is 72.7 Å². The van der Waals surface area contributed by atoms with Crippen molar-refractivity contribution in [2.75, 3.05) is 5.75 Å². The third kappa shape index (κ3) is 4.51. The van der Waals surface area contributed by atoms with E-state index in [4.69, 9.17) is 0 Å². The number of rotatable bonds is 8. The van der Waals surface area contributed by atoms with Crippen LogP contribution in [0, 0.1) is 25.7 Å². The van der Waals surface area contributed by atoms with Crippen LogP contribution in [0.3, 0.4) is 0 Å². The second kappa shape index (κ2) is 8.46. The molecule has 2 aliphatic rings. The summed E-state index contributed by atoms with van der Waals surface area (Å²) in [5.74, 6) is 2.57. The first-order chi connectivity index (χ1) is 15.1. The van der Waals surface area contributed by atoms with E-state index >= 15 is 0 Å². The molecule has 2 heterocycles. The Morgan fingerprint density at radius 1 is 1.06 bits per heavy atom. The number of amides is 1. The average molecular weight is 434 g/mol. The lowest BCUT2D eigenvalue weighted by Crippen LogP contribution is -2.39. The van der Waals surface area contributed by atoms with Gasteiger partial charge in [-0.25, -0.2) is 0 Å². The van der Waals surface area contributed by atoms with Crippen molar-refractivity contribution in [3.05, 3.63) is 53.9 Å². The van der Waals surface area contributed by atoms with Crippen LogP contribution in [0.5, 0.6) is 0 Å². The Morgan fingerprint density at radius 3 is 2.42 bits per heavy atom. The number of nitrogens with one attached hydrogen (secondary N) is 1. The summed E-state index contributed by atoms with van der Waals surface area (Å²) in [5, 5.41) is 12.9. The van der Waals surface area contributed by atoms with Crippen molar-refractivity contribution in [3.8, 4) is 17.1 Å². The molecule has 2 fully saturated rings. The normalized spacial score (nSPS) is 16.0. The van der Waals surface area contributed by atoms with Gasteiger partial charge in [-0.15, -0.1) is 10.2 Å². The Bertz CT molecular complexity index is 1080. The minimum absolute atomic E-state index is 0.0916. The first-order valence-corrected chi connectivity index (χ1v) is 11.9. The number of carbonyl (C=O) groups is 1. The number of carbonyl (C=O) groups excluding carboxylic acids is 1. The molecule has 0 bridgehead atoms. The van der Waals surface area contributed by atoms with Gasteiger partial charge in [0.2, 0.25) is 5.91 Å². The van der Waals surface area contributed by atoms with E-state index in [0.29, 0.717) is 23.6 Å². The lowest BCUT2D eigenvalue weighted by molar-refractivity contribution is -0.119. The van der Waals surface area contributed by atoms with Gasteiger partial charge < -0.3 is 5.32 Å². The summed E-state index contributed by atoms with van der Waals surface area (Å²) in [5.41, 5.74) is 4.38. The van der Waals surface area contributed by atoms with Crippen molar-refractivity contribution in [3.63, 3.8) is 0 Å². The first-order valence-electron chi connectivity index (χ1n) is 11.0. The molecule has 2 saturated carbocycles. The summed E-state index contributed by atoms with van der Waals surface area (Å²) in [6.45, 7) is 4.21. The number of hydrogen-bond acceptors (Lipinski definition) is 5. The highest BCUT2D eigenvalue weighted by molar-refractivity contribution is 7.99. The Morgan fingerprint density at radius 2 is 1.77 bits per heavy atom. The van der Waals surface area contributed by atoms with Crippen LogP contribution in [0.25, 0.3) is 17.1 Å². The van der Waals surface area contributed by atoms with Crippen LogP contribution in [-0.4, -0.2) is 37.5 Å². The molecule has 1 aromatic carbocycles. The molecule has 2 aliphatic carbocycles. The summed E-state index contributed by atoms with van der Waals surface area (Å²) >= 11 is 1.44. The molecule has 0 saturated heterocycles. The van der Waals surface area contributed by atoms with Gasteiger partial charge in [-0.2, -0.15) is 0 Å². The quantitative estimate of drug-likeness (QED) is 0.535. The van der Waals surface area contributed by atoms with Crippen molar-refractivity contribution < 1.29 is 4.79 Å². The van der Waals surface area contributed by atoms with Gasteiger partial charge >= 0.3 is 0 Å². The highest BCUT2D eigenvalue weighted by Crippen LogP contribution is 2.44. The first kappa shape index (κ1) is 20.2. The van der Waals surface area contributed by atoms with E-state index in [-0.39, 0.29) is 5.91 Å². The number of benzene rings is 1. The maximum atomic E-state index is 12.7. The molecule has 5 rings (SSSR count). The van der Waals surface area contributed by atoms with E-state index in [1.807, 2.05) is 16.7 Å². The fraction of sp³-hybridized carbons (Fsp3) is 0.417. The van der Waals surface area contributed by atoms with E-state index in [1.54, 1.807) is 12.4 Å². The van der Waals surface area contributed by atoms with Crippen LogP contribution in [0.15, 0.2) is 47.9 Å². The molecular weight excluding hydrogens is 406 g/mol. The summed E-state index contributed by atoms with van der Waals surface area (Å²) in [4.78, 5) is 16.8. The fourth-order valence-electron chi connectivity index (χ4n) is 4.04. The number of aromatic nitrogens is 4. The zero-order valence-corrected chi connectivity index (χ0v) is 18.7. The second-order valence-corrected chi connectivity index (χ2v) is 9.65. The van der Waals surface area contributed by atoms with Crippen LogP contribution in [0.4, 0.5) is 0 Å². The minimum Gasteiger partial charge on any atom is -0.352 e. The highest BCUT2D eigenvalue weighted by atomic mass is 32.2.